The van der Waals surface area contributed by atoms with Crippen molar-refractivity contribution < 1.29 is 14.2 Å². The first-order valence-corrected chi connectivity index (χ1v) is 7.14. The lowest BCUT2D eigenvalue weighted by atomic mass is 10.0. The van der Waals surface area contributed by atoms with Crippen LogP contribution in [0.5, 0.6) is 5.75 Å². The summed E-state index contributed by atoms with van der Waals surface area (Å²) in [6, 6.07) is 12.4. The van der Waals surface area contributed by atoms with Crippen LogP contribution in [0.15, 0.2) is 46.9 Å². The van der Waals surface area contributed by atoms with Crippen molar-refractivity contribution in [3.8, 4) is 5.75 Å². The first-order chi connectivity index (χ1) is 9.61. The molecule has 0 saturated carbocycles. The van der Waals surface area contributed by atoms with Crippen molar-refractivity contribution in [3.63, 3.8) is 0 Å². The van der Waals surface area contributed by atoms with Crippen molar-refractivity contribution >= 4 is 15.9 Å². The highest BCUT2D eigenvalue weighted by molar-refractivity contribution is 9.10. The maximum atomic E-state index is 13.4. The Kier molecular flexibility index (Phi) is 5.15. The predicted octanol–water partition coefficient (Wildman–Crippen LogP) is 3.74. The van der Waals surface area contributed by atoms with Crippen molar-refractivity contribution in [3.05, 3.63) is 63.9 Å². The number of rotatable bonds is 5. The van der Waals surface area contributed by atoms with Gasteiger partial charge in [0.1, 0.15) is 11.6 Å². The van der Waals surface area contributed by atoms with Crippen LogP contribution in [-0.2, 0) is 12.8 Å². The summed E-state index contributed by atoms with van der Waals surface area (Å²) >= 11 is 3.21. The number of hydrogen-bond donors (Lipinski definition) is 1. The van der Waals surface area contributed by atoms with E-state index < -0.39 is 6.10 Å². The fourth-order valence-electron chi connectivity index (χ4n) is 2.16. The molecular formula is C16H16BrFO2. The van der Waals surface area contributed by atoms with Crippen LogP contribution >= 0.6 is 15.9 Å². The van der Waals surface area contributed by atoms with E-state index in [2.05, 4.69) is 15.9 Å². The molecule has 1 N–H and O–H groups in total. The van der Waals surface area contributed by atoms with Crippen LogP contribution in [0.2, 0.25) is 0 Å². The fourth-order valence-corrected chi connectivity index (χ4v) is 2.58. The zero-order chi connectivity index (χ0) is 14.5. The van der Waals surface area contributed by atoms with Crippen LogP contribution in [0.4, 0.5) is 4.39 Å². The van der Waals surface area contributed by atoms with Gasteiger partial charge in [-0.25, -0.2) is 4.39 Å². The van der Waals surface area contributed by atoms with Gasteiger partial charge in [-0.1, -0.05) is 30.3 Å². The number of ether oxygens (including phenoxy) is 1. The molecule has 0 aliphatic carbocycles. The van der Waals surface area contributed by atoms with Gasteiger partial charge >= 0.3 is 0 Å². The number of para-hydroxylation sites is 1. The minimum Gasteiger partial charge on any atom is -0.496 e. The maximum Gasteiger partial charge on any atom is 0.137 e. The molecule has 0 aliphatic rings. The second kappa shape index (κ2) is 6.86. The summed E-state index contributed by atoms with van der Waals surface area (Å²) in [5.74, 6) is 0.442. The van der Waals surface area contributed by atoms with Gasteiger partial charge in [-0.15, -0.1) is 0 Å². The number of hydrogen-bond acceptors (Lipinski definition) is 2. The van der Waals surface area contributed by atoms with Gasteiger partial charge < -0.3 is 9.84 Å². The molecule has 2 rings (SSSR count). The van der Waals surface area contributed by atoms with Gasteiger partial charge in [-0.05, 0) is 45.6 Å². The van der Waals surface area contributed by atoms with Gasteiger partial charge in [0.25, 0.3) is 0 Å². The number of aliphatic hydroxyl groups excluding tert-OH is 1. The van der Waals surface area contributed by atoms with E-state index in [1.165, 1.54) is 6.07 Å². The molecule has 0 aromatic heterocycles. The van der Waals surface area contributed by atoms with Gasteiger partial charge in [0.05, 0.1) is 17.7 Å². The summed E-state index contributed by atoms with van der Waals surface area (Å²) in [5, 5.41) is 10.2. The van der Waals surface area contributed by atoms with E-state index >= 15 is 0 Å². The molecule has 106 valence electrons. The van der Waals surface area contributed by atoms with E-state index in [0.717, 1.165) is 16.9 Å². The molecule has 0 radical (unpaired) electrons. The molecule has 0 saturated heterocycles. The lowest BCUT2D eigenvalue weighted by Gasteiger charge is -2.14. The Morgan fingerprint density at radius 3 is 2.50 bits per heavy atom. The zero-order valence-corrected chi connectivity index (χ0v) is 12.7. The fraction of sp³-hybridized carbons (Fsp3) is 0.250. The lowest BCUT2D eigenvalue weighted by Crippen LogP contribution is -2.15. The number of aliphatic hydroxyl groups is 1. The van der Waals surface area contributed by atoms with Crippen LogP contribution in [0.1, 0.15) is 11.1 Å². The topological polar surface area (TPSA) is 29.5 Å². The van der Waals surface area contributed by atoms with Crippen LogP contribution < -0.4 is 4.74 Å². The monoisotopic (exact) mass is 338 g/mol. The number of methoxy groups -OCH3 is 1. The third kappa shape index (κ3) is 3.58. The highest BCUT2D eigenvalue weighted by atomic mass is 79.9. The molecule has 0 bridgehead atoms. The second-order valence-electron chi connectivity index (χ2n) is 4.59. The lowest BCUT2D eigenvalue weighted by molar-refractivity contribution is 0.174. The standard InChI is InChI=1S/C16H16BrFO2/c1-20-15-8-3-2-5-11(15)9-13(19)10-12-6-4-7-14(18)16(12)17/h2-8,13,19H,9-10H2,1H3. The third-order valence-corrected chi connectivity index (χ3v) is 4.02. The van der Waals surface area contributed by atoms with Gasteiger partial charge in [0.15, 0.2) is 0 Å². The molecule has 1 unspecified atom stereocenters. The Morgan fingerprint density at radius 1 is 1.10 bits per heavy atom. The van der Waals surface area contributed by atoms with Crippen LogP contribution in [-0.4, -0.2) is 18.3 Å². The second-order valence-corrected chi connectivity index (χ2v) is 5.38. The van der Waals surface area contributed by atoms with Gasteiger partial charge in [-0.2, -0.15) is 0 Å². The highest BCUT2D eigenvalue weighted by Crippen LogP contribution is 2.24. The smallest absolute Gasteiger partial charge is 0.137 e. The molecule has 4 heteroatoms. The molecule has 0 spiro atoms. The van der Waals surface area contributed by atoms with Gasteiger partial charge in [0.2, 0.25) is 0 Å². The van der Waals surface area contributed by atoms with E-state index in [-0.39, 0.29) is 5.82 Å². The Morgan fingerprint density at radius 2 is 1.75 bits per heavy atom. The van der Waals surface area contributed by atoms with Crippen LogP contribution in [0, 0.1) is 5.82 Å². The maximum absolute atomic E-state index is 13.4. The average molecular weight is 339 g/mol. The Labute approximate surface area is 126 Å². The third-order valence-electron chi connectivity index (χ3n) is 3.14. The molecular weight excluding hydrogens is 323 g/mol. The van der Waals surface area contributed by atoms with Gasteiger partial charge in [0, 0.05) is 6.42 Å². The molecule has 2 aromatic carbocycles. The average Bonchev–Trinajstić information content (AvgIpc) is 2.44. The van der Waals surface area contributed by atoms with Crippen LogP contribution in [0.25, 0.3) is 0 Å². The summed E-state index contributed by atoms with van der Waals surface area (Å²) in [5.41, 5.74) is 1.70. The molecule has 0 aliphatic heterocycles. The quantitative estimate of drug-likeness (QED) is 0.899. The predicted molar refractivity (Wildman–Crippen MR) is 80.5 cm³/mol. The van der Waals surface area contributed by atoms with Crippen molar-refractivity contribution in [2.24, 2.45) is 0 Å². The SMILES string of the molecule is COc1ccccc1CC(O)Cc1cccc(F)c1Br. The van der Waals surface area contributed by atoms with E-state index in [9.17, 15) is 9.50 Å². The van der Waals surface area contributed by atoms with E-state index in [4.69, 9.17) is 4.74 Å². The van der Waals surface area contributed by atoms with E-state index in [1.807, 2.05) is 24.3 Å². The van der Waals surface area contributed by atoms with Gasteiger partial charge in [-0.3, -0.25) is 0 Å². The van der Waals surface area contributed by atoms with Crippen molar-refractivity contribution in [1.82, 2.24) is 0 Å². The van der Waals surface area contributed by atoms with Crippen molar-refractivity contribution in [2.45, 2.75) is 18.9 Å². The largest absolute Gasteiger partial charge is 0.496 e. The zero-order valence-electron chi connectivity index (χ0n) is 11.1. The molecule has 0 heterocycles. The Hall–Kier alpha value is -1.39. The molecule has 0 fully saturated rings. The summed E-state index contributed by atoms with van der Waals surface area (Å²) in [6.07, 6.45) is 0.257. The number of benzene rings is 2. The van der Waals surface area contributed by atoms with Crippen molar-refractivity contribution in [1.29, 1.82) is 0 Å². The summed E-state index contributed by atoms with van der Waals surface area (Å²) in [7, 11) is 1.61. The number of halogens is 2. The molecule has 1 atom stereocenters. The minimum absolute atomic E-state index is 0.313. The minimum atomic E-state index is -0.593. The Balaban J connectivity index is 2.09. The molecule has 0 amide bonds. The highest BCUT2D eigenvalue weighted by Gasteiger charge is 2.13. The Bertz CT molecular complexity index is 586. The molecule has 20 heavy (non-hydrogen) atoms. The summed E-state index contributed by atoms with van der Waals surface area (Å²) in [4.78, 5) is 0. The summed E-state index contributed by atoms with van der Waals surface area (Å²) < 4.78 is 19.1. The summed E-state index contributed by atoms with van der Waals surface area (Å²) in [6.45, 7) is 0. The molecule has 2 aromatic rings. The first kappa shape index (κ1) is 15.0. The first-order valence-electron chi connectivity index (χ1n) is 6.34. The molecule has 2 nitrogen and oxygen atoms in total. The van der Waals surface area contributed by atoms with Crippen LogP contribution in [0.3, 0.4) is 0 Å². The normalized spacial score (nSPS) is 12.2. The van der Waals surface area contributed by atoms with E-state index in [1.54, 1.807) is 19.2 Å². The van der Waals surface area contributed by atoms with Crippen molar-refractivity contribution in [2.75, 3.05) is 7.11 Å². The van der Waals surface area contributed by atoms with E-state index in [0.29, 0.717) is 17.3 Å².